The van der Waals surface area contributed by atoms with Crippen LogP contribution in [0.5, 0.6) is 5.75 Å². The van der Waals surface area contributed by atoms with Gasteiger partial charge in [0.25, 0.3) is 0 Å². The van der Waals surface area contributed by atoms with Gasteiger partial charge in [0.15, 0.2) is 0 Å². The van der Waals surface area contributed by atoms with E-state index in [2.05, 4.69) is 39.9 Å². The van der Waals surface area contributed by atoms with E-state index in [9.17, 15) is 0 Å². The Bertz CT molecular complexity index is 427. The van der Waals surface area contributed by atoms with Crippen molar-refractivity contribution in [2.45, 2.75) is 46.7 Å². The molecule has 0 heterocycles. The molecule has 4 heteroatoms. The molecule has 120 valence electrons. The van der Waals surface area contributed by atoms with Crippen molar-refractivity contribution in [1.29, 1.82) is 0 Å². The fourth-order valence-corrected chi connectivity index (χ4v) is 1.93. The second-order valence-corrected chi connectivity index (χ2v) is 7.09. The second kappa shape index (κ2) is 8.62. The Morgan fingerprint density at radius 2 is 1.90 bits per heavy atom. The minimum atomic E-state index is 0.0927. The van der Waals surface area contributed by atoms with Gasteiger partial charge in [-0.05, 0) is 44.4 Å². The van der Waals surface area contributed by atoms with Crippen LogP contribution in [-0.2, 0) is 11.3 Å². The summed E-state index contributed by atoms with van der Waals surface area (Å²) in [4.78, 5) is 0. The Hall–Kier alpha value is -0.770. The van der Waals surface area contributed by atoms with E-state index in [0.29, 0.717) is 29.9 Å². The average Bonchev–Trinajstić information content (AvgIpc) is 2.37. The van der Waals surface area contributed by atoms with Crippen LogP contribution in [0.15, 0.2) is 18.2 Å². The van der Waals surface area contributed by atoms with Crippen LogP contribution >= 0.6 is 11.6 Å². The van der Waals surface area contributed by atoms with Crippen molar-refractivity contribution < 1.29 is 9.47 Å². The van der Waals surface area contributed by atoms with Crippen LogP contribution in [0.2, 0.25) is 5.02 Å². The van der Waals surface area contributed by atoms with E-state index in [1.807, 2.05) is 18.2 Å². The molecule has 21 heavy (non-hydrogen) atoms. The molecule has 0 unspecified atom stereocenters. The summed E-state index contributed by atoms with van der Waals surface area (Å²) in [6.45, 7) is 13.3. The van der Waals surface area contributed by atoms with Crippen LogP contribution in [-0.4, -0.2) is 25.4 Å². The Morgan fingerprint density at radius 1 is 1.19 bits per heavy atom. The molecule has 0 aliphatic carbocycles. The molecule has 0 amide bonds. The maximum absolute atomic E-state index is 6.25. The summed E-state index contributed by atoms with van der Waals surface area (Å²) in [6.07, 6.45) is 0. The van der Waals surface area contributed by atoms with Crippen molar-refractivity contribution in [3.8, 4) is 5.75 Å². The van der Waals surface area contributed by atoms with Crippen LogP contribution < -0.4 is 10.1 Å². The predicted octanol–water partition coefficient (Wildman–Crippen LogP) is 4.28. The van der Waals surface area contributed by atoms with Crippen LogP contribution in [0.25, 0.3) is 0 Å². The van der Waals surface area contributed by atoms with E-state index in [-0.39, 0.29) is 5.54 Å². The Morgan fingerprint density at radius 3 is 2.48 bits per heavy atom. The van der Waals surface area contributed by atoms with Gasteiger partial charge < -0.3 is 14.8 Å². The van der Waals surface area contributed by atoms with Gasteiger partial charge in [0.05, 0.1) is 11.6 Å². The highest BCUT2D eigenvalue weighted by Crippen LogP contribution is 2.25. The summed E-state index contributed by atoms with van der Waals surface area (Å²) in [5.41, 5.74) is 1.24. The third-order valence-electron chi connectivity index (χ3n) is 2.76. The number of ether oxygens (including phenoxy) is 2. The highest BCUT2D eigenvalue weighted by Gasteiger charge is 2.09. The minimum absolute atomic E-state index is 0.0927. The summed E-state index contributed by atoms with van der Waals surface area (Å²) in [5.74, 6) is 1.26. The fraction of sp³-hybridized carbons (Fsp3) is 0.647. The summed E-state index contributed by atoms with van der Waals surface area (Å²) < 4.78 is 11.1. The van der Waals surface area contributed by atoms with Gasteiger partial charge in [-0.25, -0.2) is 0 Å². The van der Waals surface area contributed by atoms with E-state index >= 15 is 0 Å². The van der Waals surface area contributed by atoms with Crippen LogP contribution in [0, 0.1) is 5.92 Å². The molecular formula is C17H28ClNO2. The van der Waals surface area contributed by atoms with Gasteiger partial charge in [0, 0.05) is 18.7 Å². The molecule has 1 aromatic rings. The normalized spacial score (nSPS) is 12.0. The molecule has 0 atom stereocenters. The molecule has 1 N–H and O–H groups in total. The maximum atomic E-state index is 6.25. The number of rotatable bonds is 8. The molecule has 0 saturated heterocycles. The van der Waals surface area contributed by atoms with E-state index < -0.39 is 0 Å². The summed E-state index contributed by atoms with van der Waals surface area (Å²) in [6, 6.07) is 5.91. The van der Waals surface area contributed by atoms with Crippen molar-refractivity contribution in [2.75, 3.05) is 19.8 Å². The maximum Gasteiger partial charge on any atom is 0.138 e. The number of benzene rings is 1. The number of hydrogen-bond donors (Lipinski definition) is 1. The minimum Gasteiger partial charge on any atom is -0.490 e. The SMILES string of the molecule is CC(C)COCCOc1ccc(CNC(C)(C)C)cc1Cl. The topological polar surface area (TPSA) is 30.5 Å². The Kier molecular flexibility index (Phi) is 7.50. The Balaban J connectivity index is 2.40. The first-order chi connectivity index (χ1) is 9.78. The summed E-state index contributed by atoms with van der Waals surface area (Å²) in [5, 5.41) is 4.08. The van der Waals surface area contributed by atoms with Crippen molar-refractivity contribution in [3.63, 3.8) is 0 Å². The zero-order chi connectivity index (χ0) is 15.9. The molecule has 0 saturated carbocycles. The zero-order valence-corrected chi connectivity index (χ0v) is 14.6. The fourth-order valence-electron chi connectivity index (χ4n) is 1.67. The first-order valence-corrected chi connectivity index (χ1v) is 7.90. The van der Waals surface area contributed by atoms with Gasteiger partial charge in [-0.1, -0.05) is 31.5 Å². The molecule has 0 aliphatic rings. The van der Waals surface area contributed by atoms with Crippen molar-refractivity contribution in [1.82, 2.24) is 5.32 Å². The van der Waals surface area contributed by atoms with Crippen LogP contribution in [0.4, 0.5) is 0 Å². The molecule has 0 radical (unpaired) electrons. The van der Waals surface area contributed by atoms with Crippen LogP contribution in [0.1, 0.15) is 40.2 Å². The van der Waals surface area contributed by atoms with E-state index in [4.69, 9.17) is 21.1 Å². The van der Waals surface area contributed by atoms with Crippen molar-refractivity contribution in [2.24, 2.45) is 5.92 Å². The Labute approximate surface area is 134 Å². The molecule has 0 fully saturated rings. The molecule has 1 aromatic carbocycles. The highest BCUT2D eigenvalue weighted by atomic mass is 35.5. The van der Waals surface area contributed by atoms with Gasteiger partial charge in [-0.3, -0.25) is 0 Å². The van der Waals surface area contributed by atoms with Crippen LogP contribution in [0.3, 0.4) is 0 Å². The first kappa shape index (κ1) is 18.3. The molecule has 1 rings (SSSR count). The quantitative estimate of drug-likeness (QED) is 0.727. The molecule has 0 bridgehead atoms. The third-order valence-corrected chi connectivity index (χ3v) is 3.05. The van der Waals surface area contributed by atoms with Crippen molar-refractivity contribution >= 4 is 11.6 Å². The van der Waals surface area contributed by atoms with Gasteiger partial charge in [-0.15, -0.1) is 0 Å². The third kappa shape index (κ3) is 8.30. The molecular weight excluding hydrogens is 286 g/mol. The lowest BCUT2D eigenvalue weighted by Crippen LogP contribution is -2.35. The standard InChI is InChI=1S/C17H28ClNO2/c1-13(2)12-20-8-9-21-16-7-6-14(10-15(16)18)11-19-17(3,4)5/h6-7,10,13,19H,8-9,11-12H2,1-5H3. The first-order valence-electron chi connectivity index (χ1n) is 7.52. The lowest BCUT2D eigenvalue weighted by atomic mass is 10.1. The van der Waals surface area contributed by atoms with Crippen molar-refractivity contribution in [3.05, 3.63) is 28.8 Å². The summed E-state index contributed by atoms with van der Waals surface area (Å²) in [7, 11) is 0. The van der Waals surface area contributed by atoms with Gasteiger partial charge in [0.2, 0.25) is 0 Å². The van der Waals surface area contributed by atoms with E-state index in [1.165, 1.54) is 0 Å². The average molecular weight is 314 g/mol. The molecule has 0 spiro atoms. The lowest BCUT2D eigenvalue weighted by Gasteiger charge is -2.20. The van der Waals surface area contributed by atoms with E-state index in [0.717, 1.165) is 18.7 Å². The van der Waals surface area contributed by atoms with E-state index in [1.54, 1.807) is 0 Å². The monoisotopic (exact) mass is 313 g/mol. The second-order valence-electron chi connectivity index (χ2n) is 6.69. The molecule has 0 aromatic heterocycles. The largest absolute Gasteiger partial charge is 0.490 e. The number of nitrogens with one attached hydrogen (secondary N) is 1. The summed E-state index contributed by atoms with van der Waals surface area (Å²) >= 11 is 6.25. The number of hydrogen-bond acceptors (Lipinski definition) is 3. The van der Waals surface area contributed by atoms with Gasteiger partial charge in [0.1, 0.15) is 12.4 Å². The number of halogens is 1. The van der Waals surface area contributed by atoms with Gasteiger partial charge in [-0.2, -0.15) is 0 Å². The smallest absolute Gasteiger partial charge is 0.138 e. The lowest BCUT2D eigenvalue weighted by molar-refractivity contribution is 0.0819. The zero-order valence-electron chi connectivity index (χ0n) is 13.8. The molecule has 0 aliphatic heterocycles. The van der Waals surface area contributed by atoms with Gasteiger partial charge >= 0.3 is 0 Å². The predicted molar refractivity (Wildman–Crippen MR) is 89.2 cm³/mol. The molecule has 3 nitrogen and oxygen atoms in total. The highest BCUT2D eigenvalue weighted by molar-refractivity contribution is 6.32.